The van der Waals surface area contributed by atoms with Crippen LogP contribution in [-0.2, 0) is 4.74 Å². The molecule has 2 bridgehead atoms. The van der Waals surface area contributed by atoms with E-state index < -0.39 is 0 Å². The fourth-order valence-corrected chi connectivity index (χ4v) is 4.31. The van der Waals surface area contributed by atoms with Gasteiger partial charge in [-0.1, -0.05) is 20.8 Å². The van der Waals surface area contributed by atoms with Crippen molar-refractivity contribution in [1.29, 1.82) is 0 Å². The first-order chi connectivity index (χ1) is 6.89. The summed E-state index contributed by atoms with van der Waals surface area (Å²) in [5.74, 6) is 0.523. The Hall–Kier alpha value is -0.120. The molecule has 1 heterocycles. The minimum absolute atomic E-state index is 0.119. The second-order valence-corrected chi connectivity index (χ2v) is 6.29. The van der Waals surface area contributed by atoms with Crippen LogP contribution in [0.2, 0.25) is 0 Å². The molecule has 0 N–H and O–H groups in total. The van der Waals surface area contributed by atoms with E-state index in [1.165, 1.54) is 17.9 Å². The maximum Gasteiger partial charge on any atom is 0.0968 e. The van der Waals surface area contributed by atoms with Crippen LogP contribution >= 0.6 is 0 Å². The third-order valence-corrected chi connectivity index (χ3v) is 5.72. The van der Waals surface area contributed by atoms with Gasteiger partial charge in [-0.2, -0.15) is 0 Å². The van der Waals surface area contributed by atoms with Crippen LogP contribution in [0.25, 0.3) is 0 Å². The maximum absolute atomic E-state index is 12.0. The second-order valence-electron chi connectivity index (χ2n) is 6.29. The topological polar surface area (TPSA) is 35.5 Å². The number of fused-ring (bicyclic) bond motifs is 5. The zero-order chi connectivity index (χ0) is 11.0. The lowest BCUT2D eigenvalue weighted by atomic mass is 9.70. The zero-order valence-electron chi connectivity index (χ0n) is 9.99. The fourth-order valence-electron chi connectivity index (χ4n) is 4.31. The normalized spacial score (nSPS) is 57.4. The monoisotopic (exact) mass is 210 g/mol. The average Bonchev–Trinajstić information content (AvgIpc) is 2.61. The first kappa shape index (κ1) is 10.1. The van der Waals surface area contributed by atoms with Gasteiger partial charge < -0.3 is 15.0 Å². The molecule has 1 saturated heterocycles. The molecule has 15 heavy (non-hydrogen) atoms. The molecule has 1 aliphatic heterocycles. The molecule has 0 radical (unpaired) electrons. The summed E-state index contributed by atoms with van der Waals surface area (Å²) in [4.78, 5) is 0. The average molecular weight is 210 g/mol. The van der Waals surface area contributed by atoms with Gasteiger partial charge in [0.05, 0.1) is 12.3 Å². The van der Waals surface area contributed by atoms with Gasteiger partial charge in [-0.3, -0.25) is 0 Å². The quantitative estimate of drug-likeness (QED) is 0.615. The Morgan fingerprint density at radius 2 is 2.00 bits per heavy atom. The van der Waals surface area contributed by atoms with E-state index in [9.17, 15) is 5.21 Å². The summed E-state index contributed by atoms with van der Waals surface area (Å²) in [6, 6.07) is 0.119. The summed E-state index contributed by atoms with van der Waals surface area (Å²) in [5.41, 5.74) is 0.459. The highest BCUT2D eigenvalue weighted by molar-refractivity contribution is 5.20. The molecule has 5 atom stereocenters. The molecule has 3 fully saturated rings. The minimum Gasteiger partial charge on any atom is -0.783 e. The molecule has 86 valence electrons. The number of rotatable bonds is 0. The molecule has 3 nitrogen and oxygen atoms in total. The van der Waals surface area contributed by atoms with Crippen LogP contribution in [0.3, 0.4) is 0 Å². The molecule has 2 saturated carbocycles. The number of nitrogens with zero attached hydrogens (tertiary/aromatic N) is 1. The first-order valence-corrected chi connectivity index (χ1v) is 6.00. The van der Waals surface area contributed by atoms with Crippen LogP contribution in [0, 0.1) is 22.0 Å². The van der Waals surface area contributed by atoms with Gasteiger partial charge in [0.15, 0.2) is 0 Å². The Kier molecular flexibility index (Phi) is 1.73. The van der Waals surface area contributed by atoms with Crippen molar-refractivity contribution in [1.82, 2.24) is 5.06 Å². The number of ether oxygens (including phenoxy) is 1. The number of hydrogen-bond acceptors (Lipinski definition) is 3. The van der Waals surface area contributed by atoms with Gasteiger partial charge in [-0.05, 0) is 31.1 Å². The van der Waals surface area contributed by atoms with Gasteiger partial charge in [0.1, 0.15) is 0 Å². The summed E-state index contributed by atoms with van der Waals surface area (Å²) in [6.07, 6.45) is 2.33. The molecule has 0 aromatic carbocycles. The molecule has 0 spiro atoms. The second kappa shape index (κ2) is 2.58. The molecule has 0 aromatic rings. The lowest BCUT2D eigenvalue weighted by Crippen LogP contribution is -2.40. The van der Waals surface area contributed by atoms with E-state index in [0.717, 1.165) is 0 Å². The van der Waals surface area contributed by atoms with Crippen molar-refractivity contribution in [2.75, 3.05) is 0 Å². The summed E-state index contributed by atoms with van der Waals surface area (Å²) >= 11 is 0. The molecular formula is C12H20NO2-. The van der Waals surface area contributed by atoms with E-state index in [-0.39, 0.29) is 29.2 Å². The van der Waals surface area contributed by atoms with Crippen LogP contribution in [0.5, 0.6) is 0 Å². The van der Waals surface area contributed by atoms with E-state index in [2.05, 4.69) is 20.8 Å². The lowest BCUT2D eigenvalue weighted by molar-refractivity contribution is -0.0579. The number of hydrogen-bond donors (Lipinski definition) is 0. The zero-order valence-corrected chi connectivity index (χ0v) is 9.99. The van der Waals surface area contributed by atoms with E-state index in [1.807, 2.05) is 6.92 Å². The van der Waals surface area contributed by atoms with Crippen LogP contribution in [-0.4, -0.2) is 23.4 Å². The first-order valence-electron chi connectivity index (χ1n) is 6.00. The largest absolute Gasteiger partial charge is 0.783 e. The number of hydroxylamine groups is 2. The van der Waals surface area contributed by atoms with Gasteiger partial charge in [0.25, 0.3) is 0 Å². The van der Waals surface area contributed by atoms with Crippen LogP contribution in [0.1, 0.15) is 40.5 Å². The summed E-state index contributed by atoms with van der Waals surface area (Å²) in [7, 11) is 0. The lowest BCUT2D eigenvalue weighted by Gasteiger charge is -2.38. The summed E-state index contributed by atoms with van der Waals surface area (Å²) in [6.45, 7) is 8.81. The van der Waals surface area contributed by atoms with E-state index in [4.69, 9.17) is 4.74 Å². The Morgan fingerprint density at radius 3 is 2.60 bits per heavy atom. The highest BCUT2D eigenvalue weighted by Gasteiger charge is 2.69. The highest BCUT2D eigenvalue weighted by atomic mass is 16.6. The van der Waals surface area contributed by atoms with Crippen molar-refractivity contribution in [3.8, 4) is 0 Å². The van der Waals surface area contributed by atoms with Crippen molar-refractivity contribution in [2.45, 2.75) is 58.9 Å². The minimum atomic E-state index is -0.240. The van der Waals surface area contributed by atoms with Gasteiger partial charge in [-0.15, -0.1) is 0 Å². The molecular weight excluding hydrogens is 190 g/mol. The Morgan fingerprint density at radius 1 is 1.33 bits per heavy atom. The van der Waals surface area contributed by atoms with Crippen LogP contribution < -0.4 is 0 Å². The van der Waals surface area contributed by atoms with Gasteiger partial charge in [0.2, 0.25) is 0 Å². The Balaban J connectivity index is 2.04. The Bertz CT molecular complexity index is 304. The van der Waals surface area contributed by atoms with E-state index >= 15 is 0 Å². The Labute approximate surface area is 91.4 Å². The molecule has 3 heteroatoms. The van der Waals surface area contributed by atoms with Crippen molar-refractivity contribution in [3.63, 3.8) is 0 Å². The predicted molar refractivity (Wildman–Crippen MR) is 57.9 cm³/mol. The van der Waals surface area contributed by atoms with Crippen LogP contribution in [0.4, 0.5) is 0 Å². The summed E-state index contributed by atoms with van der Waals surface area (Å²) < 4.78 is 5.88. The highest BCUT2D eigenvalue weighted by Crippen LogP contribution is 2.68. The molecule has 3 aliphatic rings. The molecule has 0 aromatic heterocycles. The molecule has 3 rings (SSSR count). The standard InChI is InChI=1S/C12H20NO2/c1-7-13(14)9-8-5-6-12(4,10(9)15-7)11(8,2)3/h7-10H,5-6H2,1-4H3/q-1. The van der Waals surface area contributed by atoms with E-state index in [1.54, 1.807) is 0 Å². The van der Waals surface area contributed by atoms with Crippen molar-refractivity contribution >= 4 is 0 Å². The molecule has 2 aliphatic carbocycles. The SMILES string of the molecule is CC1OC2C(C3CCC2(C)C3(C)C)N1[O-]. The molecule has 0 amide bonds. The third-order valence-electron chi connectivity index (χ3n) is 5.72. The third kappa shape index (κ3) is 0.891. The van der Waals surface area contributed by atoms with Gasteiger partial charge in [0, 0.05) is 11.5 Å². The van der Waals surface area contributed by atoms with Gasteiger partial charge in [-0.25, -0.2) is 0 Å². The van der Waals surface area contributed by atoms with Crippen molar-refractivity contribution < 1.29 is 4.74 Å². The smallest absolute Gasteiger partial charge is 0.0968 e. The summed E-state index contributed by atoms with van der Waals surface area (Å²) in [5, 5.41) is 13.2. The fraction of sp³-hybridized carbons (Fsp3) is 1.00. The maximum atomic E-state index is 12.0. The predicted octanol–water partition coefficient (Wildman–Crippen LogP) is 2.36. The van der Waals surface area contributed by atoms with Crippen LogP contribution in [0.15, 0.2) is 0 Å². The van der Waals surface area contributed by atoms with Gasteiger partial charge >= 0.3 is 0 Å². The van der Waals surface area contributed by atoms with Crippen molar-refractivity contribution in [2.24, 2.45) is 16.7 Å². The van der Waals surface area contributed by atoms with Crippen molar-refractivity contribution in [3.05, 3.63) is 5.21 Å². The molecule has 5 unspecified atom stereocenters. The van der Waals surface area contributed by atoms with E-state index in [0.29, 0.717) is 5.92 Å².